The fraction of sp³-hybridized carbons (Fsp3) is 0.412. The zero-order chi connectivity index (χ0) is 15.9. The Morgan fingerprint density at radius 2 is 2.14 bits per heavy atom. The molecule has 5 heteroatoms. The maximum atomic E-state index is 12.8. The van der Waals surface area contributed by atoms with Gasteiger partial charge in [-0.3, -0.25) is 4.79 Å². The van der Waals surface area contributed by atoms with E-state index in [0.29, 0.717) is 30.8 Å². The van der Waals surface area contributed by atoms with Gasteiger partial charge in [0.1, 0.15) is 11.1 Å². The highest BCUT2D eigenvalue weighted by molar-refractivity contribution is 5.99. The van der Waals surface area contributed by atoms with Crippen LogP contribution in [0.5, 0.6) is 0 Å². The number of hydrogen-bond donors (Lipinski definition) is 1. The first-order chi connectivity index (χ1) is 10.4. The van der Waals surface area contributed by atoms with Gasteiger partial charge in [0.25, 0.3) is 5.91 Å². The Labute approximate surface area is 128 Å². The second-order valence-electron chi connectivity index (χ2n) is 6.38. The molecule has 116 valence electrons. The lowest BCUT2D eigenvalue weighted by Crippen LogP contribution is -2.36. The lowest BCUT2D eigenvalue weighted by molar-refractivity contribution is 0.0772. The van der Waals surface area contributed by atoms with E-state index < -0.39 is 5.63 Å². The number of benzene rings is 1. The summed E-state index contributed by atoms with van der Waals surface area (Å²) in [6, 6.07) is 7.27. The van der Waals surface area contributed by atoms with Gasteiger partial charge in [0.05, 0.1) is 0 Å². The molecule has 1 saturated heterocycles. The molecule has 2 aromatic rings. The molecule has 1 aliphatic rings. The number of carbonyl (C=O) groups is 1. The van der Waals surface area contributed by atoms with Crippen LogP contribution in [0.15, 0.2) is 33.5 Å². The Hall–Kier alpha value is -2.14. The van der Waals surface area contributed by atoms with E-state index >= 15 is 0 Å². The number of nitrogens with two attached hydrogens (primary N) is 1. The molecule has 0 aliphatic carbocycles. The van der Waals surface area contributed by atoms with E-state index in [4.69, 9.17) is 10.2 Å². The van der Waals surface area contributed by atoms with Gasteiger partial charge in [0, 0.05) is 18.5 Å². The first kappa shape index (κ1) is 14.8. The lowest BCUT2D eigenvalue weighted by Gasteiger charge is -2.22. The molecule has 0 spiro atoms. The Balaban J connectivity index is 2.04. The van der Waals surface area contributed by atoms with Gasteiger partial charge in [-0.2, -0.15) is 0 Å². The SMILES string of the molecule is Cc1c(C(=O)N2CCC(C)(CN)C2)c(=O)oc2ccccc12. The number of aryl methyl sites for hydroxylation is 1. The summed E-state index contributed by atoms with van der Waals surface area (Å²) in [5, 5.41) is 0.797. The molecule has 0 radical (unpaired) electrons. The summed E-state index contributed by atoms with van der Waals surface area (Å²) < 4.78 is 5.30. The first-order valence-corrected chi connectivity index (χ1v) is 7.47. The minimum absolute atomic E-state index is 0.0688. The number of nitrogens with zero attached hydrogens (tertiary/aromatic N) is 1. The third kappa shape index (κ3) is 2.31. The molecule has 1 atom stereocenters. The highest BCUT2D eigenvalue weighted by Gasteiger charge is 2.36. The molecule has 3 rings (SSSR count). The van der Waals surface area contributed by atoms with Crippen molar-refractivity contribution in [2.75, 3.05) is 19.6 Å². The van der Waals surface area contributed by atoms with Gasteiger partial charge in [-0.25, -0.2) is 4.79 Å². The first-order valence-electron chi connectivity index (χ1n) is 7.47. The number of para-hydroxylation sites is 1. The van der Waals surface area contributed by atoms with E-state index in [1.54, 1.807) is 24.0 Å². The highest BCUT2D eigenvalue weighted by atomic mass is 16.4. The molecule has 1 aromatic heterocycles. The Morgan fingerprint density at radius 1 is 1.41 bits per heavy atom. The van der Waals surface area contributed by atoms with Gasteiger partial charge in [-0.15, -0.1) is 0 Å². The summed E-state index contributed by atoms with van der Waals surface area (Å²) in [5.41, 5.74) is 6.48. The van der Waals surface area contributed by atoms with Crippen LogP contribution in [-0.2, 0) is 0 Å². The number of hydrogen-bond acceptors (Lipinski definition) is 4. The molecule has 1 aliphatic heterocycles. The molecule has 2 N–H and O–H groups in total. The van der Waals surface area contributed by atoms with Gasteiger partial charge in [0.15, 0.2) is 0 Å². The molecule has 0 bridgehead atoms. The minimum Gasteiger partial charge on any atom is -0.422 e. The predicted molar refractivity (Wildman–Crippen MR) is 84.9 cm³/mol. The maximum absolute atomic E-state index is 12.8. The monoisotopic (exact) mass is 300 g/mol. The van der Waals surface area contributed by atoms with Crippen LogP contribution in [0, 0.1) is 12.3 Å². The number of fused-ring (bicyclic) bond motifs is 1. The van der Waals surface area contributed by atoms with Crippen LogP contribution < -0.4 is 11.4 Å². The summed E-state index contributed by atoms with van der Waals surface area (Å²) >= 11 is 0. The zero-order valence-corrected chi connectivity index (χ0v) is 12.9. The van der Waals surface area contributed by atoms with Crippen molar-refractivity contribution < 1.29 is 9.21 Å². The van der Waals surface area contributed by atoms with E-state index in [1.807, 2.05) is 12.1 Å². The van der Waals surface area contributed by atoms with Crippen molar-refractivity contribution in [2.24, 2.45) is 11.1 Å². The molecule has 1 aromatic carbocycles. The van der Waals surface area contributed by atoms with Gasteiger partial charge in [0.2, 0.25) is 0 Å². The Kier molecular flexibility index (Phi) is 3.53. The number of amides is 1. The van der Waals surface area contributed by atoms with E-state index in [9.17, 15) is 9.59 Å². The van der Waals surface area contributed by atoms with E-state index in [1.165, 1.54) is 0 Å². The molecule has 5 nitrogen and oxygen atoms in total. The standard InChI is InChI=1S/C17H20N2O3/c1-11-12-5-3-4-6-13(12)22-16(21)14(11)15(20)19-8-7-17(2,9-18)10-19/h3-6H,7-10,18H2,1-2H3. The quantitative estimate of drug-likeness (QED) is 0.860. The largest absolute Gasteiger partial charge is 0.422 e. The summed E-state index contributed by atoms with van der Waals surface area (Å²) in [4.78, 5) is 26.7. The molecule has 0 saturated carbocycles. The predicted octanol–water partition coefficient (Wildman–Crippen LogP) is 1.91. The van der Waals surface area contributed by atoms with Crippen LogP contribution in [0.2, 0.25) is 0 Å². The van der Waals surface area contributed by atoms with Gasteiger partial charge in [-0.1, -0.05) is 25.1 Å². The molecule has 22 heavy (non-hydrogen) atoms. The van der Waals surface area contributed by atoms with E-state index in [2.05, 4.69) is 6.92 Å². The third-order valence-electron chi connectivity index (χ3n) is 4.62. The van der Waals surface area contributed by atoms with Crippen molar-refractivity contribution in [1.82, 2.24) is 4.90 Å². The van der Waals surface area contributed by atoms with Crippen LogP contribution in [0.4, 0.5) is 0 Å². The van der Waals surface area contributed by atoms with Crippen molar-refractivity contribution in [3.05, 3.63) is 45.8 Å². The smallest absolute Gasteiger partial charge is 0.349 e. The second kappa shape index (κ2) is 5.25. The van der Waals surface area contributed by atoms with Crippen molar-refractivity contribution in [1.29, 1.82) is 0 Å². The normalized spacial score (nSPS) is 21.5. The Morgan fingerprint density at radius 3 is 2.82 bits per heavy atom. The maximum Gasteiger partial charge on any atom is 0.349 e. The highest BCUT2D eigenvalue weighted by Crippen LogP contribution is 2.30. The van der Waals surface area contributed by atoms with Gasteiger partial charge in [-0.05, 0) is 36.9 Å². The molecule has 2 heterocycles. The van der Waals surface area contributed by atoms with Crippen molar-refractivity contribution in [3.63, 3.8) is 0 Å². The van der Waals surface area contributed by atoms with Crippen LogP contribution >= 0.6 is 0 Å². The zero-order valence-electron chi connectivity index (χ0n) is 12.9. The van der Waals surface area contributed by atoms with Crippen molar-refractivity contribution >= 4 is 16.9 Å². The topological polar surface area (TPSA) is 76.5 Å². The van der Waals surface area contributed by atoms with Crippen molar-refractivity contribution in [2.45, 2.75) is 20.3 Å². The summed E-state index contributed by atoms with van der Waals surface area (Å²) in [7, 11) is 0. The third-order valence-corrected chi connectivity index (χ3v) is 4.62. The van der Waals surface area contributed by atoms with E-state index in [0.717, 1.165) is 11.8 Å². The lowest BCUT2D eigenvalue weighted by atomic mass is 9.90. The fourth-order valence-corrected chi connectivity index (χ4v) is 3.07. The number of rotatable bonds is 2. The molecular formula is C17H20N2O3. The van der Waals surface area contributed by atoms with Gasteiger partial charge >= 0.3 is 5.63 Å². The van der Waals surface area contributed by atoms with Gasteiger partial charge < -0.3 is 15.1 Å². The molecule has 1 amide bonds. The van der Waals surface area contributed by atoms with E-state index in [-0.39, 0.29) is 16.9 Å². The number of carbonyl (C=O) groups excluding carboxylic acids is 1. The van der Waals surface area contributed by atoms with Crippen LogP contribution in [-0.4, -0.2) is 30.4 Å². The van der Waals surface area contributed by atoms with Crippen LogP contribution in [0.1, 0.15) is 29.3 Å². The second-order valence-corrected chi connectivity index (χ2v) is 6.38. The minimum atomic E-state index is -0.567. The molecular weight excluding hydrogens is 280 g/mol. The summed E-state index contributed by atoms with van der Waals surface area (Å²) in [6.07, 6.45) is 0.854. The molecule has 1 fully saturated rings. The molecule has 1 unspecified atom stereocenters. The summed E-state index contributed by atoms with van der Waals surface area (Å²) in [6.45, 7) is 5.59. The Bertz CT molecular complexity index is 796. The average molecular weight is 300 g/mol. The van der Waals surface area contributed by atoms with Crippen molar-refractivity contribution in [3.8, 4) is 0 Å². The average Bonchev–Trinajstić information content (AvgIpc) is 2.90. The summed E-state index contributed by atoms with van der Waals surface area (Å²) in [5.74, 6) is -0.255. The fourth-order valence-electron chi connectivity index (χ4n) is 3.07. The number of likely N-dealkylation sites (tertiary alicyclic amines) is 1. The van der Waals surface area contributed by atoms with Crippen LogP contribution in [0.25, 0.3) is 11.0 Å². The van der Waals surface area contributed by atoms with Crippen LogP contribution in [0.3, 0.4) is 0 Å².